The van der Waals surface area contributed by atoms with E-state index in [4.69, 9.17) is 0 Å². The molecule has 0 N–H and O–H groups in total. The summed E-state index contributed by atoms with van der Waals surface area (Å²) < 4.78 is 0. The van der Waals surface area contributed by atoms with Crippen LogP contribution in [0.4, 0.5) is 4.79 Å². The molecule has 2 aliphatic rings. The number of pyridine rings is 1. The Bertz CT molecular complexity index is 532. The molecule has 2 fully saturated rings. The van der Waals surface area contributed by atoms with E-state index in [1.165, 1.54) is 4.90 Å². The van der Waals surface area contributed by atoms with Crippen LogP contribution in [0.2, 0.25) is 0 Å². The highest BCUT2D eigenvalue weighted by Crippen LogP contribution is 2.30. The number of imide groups is 1. The third-order valence-electron chi connectivity index (χ3n) is 4.53. The molecule has 3 amide bonds. The van der Waals surface area contributed by atoms with E-state index >= 15 is 0 Å². The summed E-state index contributed by atoms with van der Waals surface area (Å²) in [7, 11) is 0. The van der Waals surface area contributed by atoms with Crippen molar-refractivity contribution < 1.29 is 9.59 Å². The number of carbonyl (C=O) groups excluding carboxylic acids is 2. The molecule has 2 aliphatic heterocycles. The minimum Gasteiger partial charge on any atom is -0.312 e. The number of urea groups is 1. The summed E-state index contributed by atoms with van der Waals surface area (Å²) >= 11 is 0. The van der Waals surface area contributed by atoms with E-state index in [9.17, 15) is 9.59 Å². The minimum atomic E-state index is -0.297. The Kier molecular flexibility index (Phi) is 3.43. The molecule has 21 heavy (non-hydrogen) atoms. The van der Waals surface area contributed by atoms with E-state index in [2.05, 4.69) is 4.98 Å². The van der Waals surface area contributed by atoms with E-state index in [0.29, 0.717) is 13.1 Å². The van der Waals surface area contributed by atoms with Gasteiger partial charge in [-0.05, 0) is 30.9 Å². The minimum absolute atomic E-state index is 0.0309. The first-order valence-corrected chi connectivity index (χ1v) is 7.53. The summed E-state index contributed by atoms with van der Waals surface area (Å²) in [6.45, 7) is 5.20. The number of nitrogens with zero attached hydrogens (tertiary/aromatic N) is 3. The van der Waals surface area contributed by atoms with Gasteiger partial charge in [0.15, 0.2) is 0 Å². The summed E-state index contributed by atoms with van der Waals surface area (Å²) in [5, 5.41) is 0. The lowest BCUT2D eigenvalue weighted by molar-refractivity contribution is -0.129. The predicted octanol–water partition coefficient (Wildman–Crippen LogP) is 2.18. The Labute approximate surface area is 124 Å². The number of fused-ring (bicyclic) bond motifs is 1. The zero-order chi connectivity index (χ0) is 15.0. The largest absolute Gasteiger partial charge is 0.327 e. The lowest BCUT2D eigenvalue weighted by Gasteiger charge is -2.29. The summed E-state index contributed by atoms with van der Waals surface area (Å²) in [5.74, 6) is -0.0309. The highest BCUT2D eigenvalue weighted by atomic mass is 16.2. The van der Waals surface area contributed by atoms with E-state index < -0.39 is 0 Å². The van der Waals surface area contributed by atoms with Gasteiger partial charge in [-0.25, -0.2) is 4.79 Å². The number of carbonyl (C=O) groups is 2. The molecule has 3 rings (SSSR count). The van der Waals surface area contributed by atoms with Gasteiger partial charge < -0.3 is 4.90 Å². The number of piperidine rings is 1. The van der Waals surface area contributed by atoms with Gasteiger partial charge >= 0.3 is 6.03 Å². The Morgan fingerprint density at radius 2 is 2.14 bits per heavy atom. The molecule has 5 heteroatoms. The zero-order valence-corrected chi connectivity index (χ0v) is 12.6. The average molecular weight is 287 g/mol. The highest BCUT2D eigenvalue weighted by molar-refractivity contribution is 6.04. The molecule has 0 spiro atoms. The van der Waals surface area contributed by atoms with Gasteiger partial charge in [0, 0.05) is 30.9 Å². The zero-order valence-electron chi connectivity index (χ0n) is 12.6. The topological polar surface area (TPSA) is 53.5 Å². The lowest BCUT2D eigenvalue weighted by atomic mass is 9.85. The first kappa shape index (κ1) is 14.0. The number of amides is 3. The molecule has 0 saturated carbocycles. The third-order valence-corrected chi connectivity index (χ3v) is 4.53. The van der Waals surface area contributed by atoms with Crippen molar-refractivity contribution in [3.8, 4) is 0 Å². The summed E-state index contributed by atoms with van der Waals surface area (Å²) in [6, 6.07) is 3.52. The van der Waals surface area contributed by atoms with Gasteiger partial charge in [0.1, 0.15) is 6.04 Å². The summed E-state index contributed by atoms with van der Waals surface area (Å²) in [6.07, 6.45) is 6.36. The molecule has 0 unspecified atom stereocenters. The molecule has 112 valence electrons. The van der Waals surface area contributed by atoms with E-state index in [1.807, 2.05) is 26.0 Å². The highest BCUT2D eigenvalue weighted by Gasteiger charge is 2.47. The Morgan fingerprint density at radius 3 is 2.81 bits per heavy atom. The maximum atomic E-state index is 12.5. The van der Waals surface area contributed by atoms with Crippen LogP contribution >= 0.6 is 0 Å². The molecule has 0 radical (unpaired) electrons. The van der Waals surface area contributed by atoms with Crippen molar-refractivity contribution in [1.29, 1.82) is 0 Å². The standard InChI is InChI=1S/C16H21N3O2/c1-16(2,12-6-5-8-17-10-12)11-19-14(20)13-7-3-4-9-18(13)15(19)21/h5-6,8,10,13H,3-4,7,9,11H2,1-2H3/t13-/m1/s1. The molecule has 1 aromatic heterocycles. The third kappa shape index (κ3) is 2.41. The maximum Gasteiger partial charge on any atom is 0.327 e. The number of rotatable bonds is 3. The second-order valence-corrected chi connectivity index (χ2v) is 6.54. The van der Waals surface area contributed by atoms with Gasteiger partial charge in [0.25, 0.3) is 5.91 Å². The van der Waals surface area contributed by atoms with Crippen LogP contribution in [0, 0.1) is 0 Å². The van der Waals surface area contributed by atoms with E-state index in [-0.39, 0.29) is 23.4 Å². The maximum absolute atomic E-state index is 12.5. The first-order valence-electron chi connectivity index (χ1n) is 7.53. The van der Waals surface area contributed by atoms with Crippen molar-refractivity contribution in [3.63, 3.8) is 0 Å². The molecule has 1 atom stereocenters. The Balaban J connectivity index is 1.81. The van der Waals surface area contributed by atoms with Crippen LogP contribution in [0.5, 0.6) is 0 Å². The van der Waals surface area contributed by atoms with Crippen molar-refractivity contribution >= 4 is 11.9 Å². The normalized spacial score (nSPS) is 22.7. The van der Waals surface area contributed by atoms with Gasteiger partial charge in [-0.1, -0.05) is 19.9 Å². The molecule has 5 nitrogen and oxygen atoms in total. The van der Waals surface area contributed by atoms with Crippen molar-refractivity contribution in [2.45, 2.75) is 44.6 Å². The number of aromatic nitrogens is 1. The fourth-order valence-electron chi connectivity index (χ4n) is 3.24. The van der Waals surface area contributed by atoms with E-state index in [0.717, 1.165) is 24.8 Å². The molecule has 0 aliphatic carbocycles. The van der Waals surface area contributed by atoms with E-state index in [1.54, 1.807) is 17.3 Å². The predicted molar refractivity (Wildman–Crippen MR) is 78.7 cm³/mol. The second-order valence-electron chi connectivity index (χ2n) is 6.54. The SMILES string of the molecule is CC(C)(CN1C(=O)[C@H]2CCCCN2C1=O)c1cccnc1. The van der Waals surface area contributed by atoms with Crippen molar-refractivity contribution in [2.24, 2.45) is 0 Å². The molecular formula is C16H21N3O2. The molecule has 3 heterocycles. The monoisotopic (exact) mass is 287 g/mol. The number of hydrogen-bond acceptors (Lipinski definition) is 3. The number of hydrogen-bond donors (Lipinski definition) is 0. The molecular weight excluding hydrogens is 266 g/mol. The second kappa shape index (κ2) is 5.13. The van der Waals surface area contributed by atoms with Gasteiger partial charge in [-0.3, -0.25) is 14.7 Å². The van der Waals surface area contributed by atoms with Crippen molar-refractivity contribution in [1.82, 2.24) is 14.8 Å². The average Bonchev–Trinajstić information content (AvgIpc) is 2.74. The quantitative estimate of drug-likeness (QED) is 0.801. The van der Waals surface area contributed by atoms with Gasteiger partial charge in [0.2, 0.25) is 0 Å². The lowest BCUT2D eigenvalue weighted by Crippen LogP contribution is -2.41. The smallest absolute Gasteiger partial charge is 0.312 e. The van der Waals surface area contributed by atoms with Crippen LogP contribution < -0.4 is 0 Å². The first-order chi connectivity index (χ1) is 10.0. The van der Waals surface area contributed by atoms with Crippen molar-refractivity contribution in [3.05, 3.63) is 30.1 Å². The van der Waals surface area contributed by atoms with Crippen LogP contribution in [-0.4, -0.2) is 45.9 Å². The molecule has 2 saturated heterocycles. The molecule has 1 aromatic rings. The summed E-state index contributed by atoms with van der Waals surface area (Å²) in [5.41, 5.74) is 0.740. The van der Waals surface area contributed by atoms with Crippen LogP contribution in [0.3, 0.4) is 0 Å². The molecule has 0 bridgehead atoms. The fraction of sp³-hybridized carbons (Fsp3) is 0.562. The van der Waals surface area contributed by atoms with Gasteiger partial charge in [-0.15, -0.1) is 0 Å². The summed E-state index contributed by atoms with van der Waals surface area (Å²) in [4.78, 5) is 32.3. The van der Waals surface area contributed by atoms with Crippen LogP contribution in [0.1, 0.15) is 38.7 Å². The van der Waals surface area contributed by atoms with Crippen molar-refractivity contribution in [2.75, 3.05) is 13.1 Å². The fourth-order valence-corrected chi connectivity index (χ4v) is 3.24. The van der Waals surface area contributed by atoms with Crippen LogP contribution in [0.25, 0.3) is 0 Å². The van der Waals surface area contributed by atoms with Gasteiger partial charge in [0.05, 0.1) is 0 Å². The van der Waals surface area contributed by atoms with Gasteiger partial charge in [-0.2, -0.15) is 0 Å². The Hall–Kier alpha value is -1.91. The van der Waals surface area contributed by atoms with Crippen LogP contribution in [-0.2, 0) is 10.2 Å². The van der Waals surface area contributed by atoms with Crippen LogP contribution in [0.15, 0.2) is 24.5 Å². The Morgan fingerprint density at radius 1 is 1.33 bits per heavy atom. The molecule has 0 aromatic carbocycles.